The number of amides is 1. The van der Waals surface area contributed by atoms with Crippen LogP contribution in [0.3, 0.4) is 0 Å². The molecule has 2 aliphatic carbocycles. The van der Waals surface area contributed by atoms with Crippen LogP contribution < -0.4 is 0 Å². The molecule has 1 aromatic carbocycles. The molecule has 118 valence electrons. The van der Waals surface area contributed by atoms with Gasteiger partial charge in [-0.2, -0.15) is 0 Å². The van der Waals surface area contributed by atoms with Crippen molar-refractivity contribution in [2.75, 3.05) is 0 Å². The molecule has 1 N–H and O–H groups in total. The van der Waals surface area contributed by atoms with Crippen molar-refractivity contribution in [3.05, 3.63) is 35.9 Å². The van der Waals surface area contributed by atoms with Gasteiger partial charge in [0.1, 0.15) is 0 Å². The number of ether oxygens (including phenoxy) is 1. The van der Waals surface area contributed by atoms with Gasteiger partial charge in [-0.25, -0.2) is 0 Å². The van der Waals surface area contributed by atoms with Gasteiger partial charge in [0.2, 0.25) is 5.91 Å². The Balaban J connectivity index is 1.58. The van der Waals surface area contributed by atoms with Crippen molar-refractivity contribution in [1.29, 1.82) is 0 Å². The van der Waals surface area contributed by atoms with Crippen LogP contribution in [0, 0.1) is 36.0 Å². The van der Waals surface area contributed by atoms with Gasteiger partial charge in [0.05, 0.1) is 24.5 Å². The number of hydrogen-bond acceptors (Lipinski definition) is 3. The fourth-order valence-electron chi connectivity index (χ4n) is 5.74. The summed E-state index contributed by atoms with van der Waals surface area (Å²) in [6.45, 7) is 0.524. The molecule has 23 heavy (non-hydrogen) atoms. The van der Waals surface area contributed by atoms with E-state index in [1.165, 1.54) is 0 Å². The van der Waals surface area contributed by atoms with E-state index in [0.29, 0.717) is 13.0 Å². The van der Waals surface area contributed by atoms with E-state index in [0.717, 1.165) is 12.0 Å². The Morgan fingerprint density at radius 3 is 2.87 bits per heavy atom. The lowest BCUT2D eigenvalue weighted by Gasteiger charge is -2.38. The number of terminal acetylenes is 1. The molecule has 2 saturated heterocycles. The van der Waals surface area contributed by atoms with Crippen molar-refractivity contribution in [3.8, 4) is 12.3 Å². The molecule has 4 heteroatoms. The summed E-state index contributed by atoms with van der Waals surface area (Å²) in [4.78, 5) is 15.0. The molecule has 0 radical (unpaired) electrons. The van der Waals surface area contributed by atoms with Gasteiger partial charge >= 0.3 is 0 Å². The zero-order valence-electron chi connectivity index (χ0n) is 12.8. The molecule has 2 saturated carbocycles. The number of fused-ring (bicyclic) bond motifs is 2. The zero-order valence-corrected chi connectivity index (χ0v) is 12.8. The van der Waals surface area contributed by atoms with Crippen molar-refractivity contribution in [2.45, 2.75) is 37.3 Å². The highest BCUT2D eigenvalue weighted by Crippen LogP contribution is 2.68. The maximum atomic E-state index is 13.1. The Bertz CT molecular complexity index is 711. The molecule has 4 fully saturated rings. The largest absolute Gasteiger partial charge is 0.390 e. The molecule has 7 unspecified atom stereocenters. The highest BCUT2D eigenvalue weighted by Gasteiger charge is 2.78. The van der Waals surface area contributed by atoms with Crippen molar-refractivity contribution in [3.63, 3.8) is 0 Å². The minimum atomic E-state index is -0.714. The number of carbonyl (C=O) groups is 1. The van der Waals surface area contributed by atoms with Gasteiger partial charge < -0.3 is 14.7 Å². The maximum absolute atomic E-state index is 13.1. The highest BCUT2D eigenvalue weighted by atomic mass is 16.6. The predicted octanol–water partition coefficient (Wildman–Crippen LogP) is 1.39. The van der Waals surface area contributed by atoms with E-state index in [2.05, 4.69) is 5.92 Å². The third-order valence-corrected chi connectivity index (χ3v) is 6.46. The average molecular weight is 309 g/mol. The molecule has 7 atom stereocenters. The van der Waals surface area contributed by atoms with Crippen molar-refractivity contribution in [1.82, 2.24) is 4.90 Å². The van der Waals surface area contributed by atoms with Crippen LogP contribution >= 0.6 is 0 Å². The Hall–Kier alpha value is -1.83. The lowest BCUT2D eigenvalue weighted by atomic mass is 9.76. The third-order valence-electron chi connectivity index (χ3n) is 6.46. The molecule has 2 aliphatic heterocycles. The smallest absolute Gasteiger partial charge is 0.229 e. The summed E-state index contributed by atoms with van der Waals surface area (Å²) in [5, 5.41) is 10.5. The Morgan fingerprint density at radius 1 is 1.35 bits per heavy atom. The van der Waals surface area contributed by atoms with E-state index in [1.54, 1.807) is 0 Å². The number of hydrogen-bond donors (Lipinski definition) is 1. The van der Waals surface area contributed by atoms with Gasteiger partial charge in [0.25, 0.3) is 0 Å². The molecule has 4 aliphatic rings. The van der Waals surface area contributed by atoms with Crippen LogP contribution in [0.2, 0.25) is 0 Å². The van der Waals surface area contributed by atoms with Crippen molar-refractivity contribution < 1.29 is 14.6 Å². The lowest BCUT2D eigenvalue weighted by molar-refractivity contribution is -0.178. The van der Waals surface area contributed by atoms with E-state index in [4.69, 9.17) is 11.2 Å². The van der Waals surface area contributed by atoms with Crippen molar-refractivity contribution >= 4 is 5.91 Å². The second-order valence-corrected chi connectivity index (χ2v) is 7.32. The number of rotatable bonds is 3. The summed E-state index contributed by atoms with van der Waals surface area (Å²) in [5.41, 5.74) is 0.368. The van der Waals surface area contributed by atoms with E-state index in [1.807, 2.05) is 35.2 Å². The fourth-order valence-corrected chi connectivity index (χ4v) is 5.74. The zero-order chi connectivity index (χ0) is 15.8. The summed E-state index contributed by atoms with van der Waals surface area (Å²) in [5.74, 6) is 3.19. The Morgan fingerprint density at radius 2 is 2.13 bits per heavy atom. The molecule has 1 amide bonds. The third kappa shape index (κ3) is 1.48. The van der Waals surface area contributed by atoms with Gasteiger partial charge in [-0.1, -0.05) is 30.3 Å². The van der Waals surface area contributed by atoms with Gasteiger partial charge in [0, 0.05) is 12.5 Å². The Kier molecular flexibility index (Phi) is 2.58. The van der Waals surface area contributed by atoms with Gasteiger partial charge in [-0.05, 0) is 23.8 Å². The summed E-state index contributed by atoms with van der Waals surface area (Å²) >= 11 is 0. The molecule has 2 heterocycles. The number of aliphatic hydroxyl groups is 1. The molecule has 1 aromatic rings. The van der Waals surface area contributed by atoms with Crippen LogP contribution in [0.25, 0.3) is 0 Å². The minimum absolute atomic E-state index is 0.0444. The number of carbonyl (C=O) groups excluding carboxylic acids is 1. The summed E-state index contributed by atoms with van der Waals surface area (Å²) in [6, 6.07) is 9.96. The quantitative estimate of drug-likeness (QED) is 0.859. The second kappa shape index (κ2) is 4.37. The molecule has 0 aromatic heterocycles. The van der Waals surface area contributed by atoms with E-state index in [-0.39, 0.29) is 35.7 Å². The molecule has 0 spiro atoms. The van der Waals surface area contributed by atoms with E-state index in [9.17, 15) is 9.90 Å². The second-order valence-electron chi connectivity index (χ2n) is 7.32. The number of benzene rings is 1. The van der Waals surface area contributed by atoms with Crippen LogP contribution in [-0.2, 0) is 16.1 Å². The first kappa shape index (κ1) is 13.6. The fraction of sp³-hybridized carbons (Fsp3) is 0.526. The van der Waals surface area contributed by atoms with Crippen molar-refractivity contribution in [2.24, 2.45) is 23.7 Å². The number of likely N-dealkylation sites (tertiary alicyclic amines) is 1. The SMILES string of the molecule is C#CCC12OC3C(O)C4CC3C1C4C(=O)N2Cc1ccccc1. The van der Waals surface area contributed by atoms with Gasteiger partial charge in [-0.3, -0.25) is 4.79 Å². The van der Waals surface area contributed by atoms with Gasteiger partial charge in [0.15, 0.2) is 5.72 Å². The number of nitrogens with zero attached hydrogens (tertiary/aromatic N) is 1. The lowest BCUT2D eigenvalue weighted by Crippen LogP contribution is -2.50. The first-order chi connectivity index (χ1) is 11.2. The van der Waals surface area contributed by atoms with E-state index >= 15 is 0 Å². The molecular formula is C19H19NO3. The van der Waals surface area contributed by atoms with Crippen LogP contribution in [0.15, 0.2) is 30.3 Å². The predicted molar refractivity (Wildman–Crippen MR) is 82.6 cm³/mol. The summed E-state index contributed by atoms with van der Waals surface area (Å²) in [7, 11) is 0. The first-order valence-corrected chi connectivity index (χ1v) is 8.32. The molecule has 4 nitrogen and oxygen atoms in total. The monoisotopic (exact) mass is 309 g/mol. The highest BCUT2D eigenvalue weighted by molar-refractivity contribution is 5.84. The Labute approximate surface area is 135 Å². The minimum Gasteiger partial charge on any atom is -0.390 e. The topological polar surface area (TPSA) is 49.8 Å². The summed E-state index contributed by atoms with van der Waals surface area (Å²) in [6.07, 6.45) is 6.28. The number of aliphatic hydroxyl groups excluding tert-OH is 1. The summed E-state index contributed by atoms with van der Waals surface area (Å²) < 4.78 is 6.34. The molecule has 2 bridgehead atoms. The van der Waals surface area contributed by atoms with Crippen LogP contribution in [0.1, 0.15) is 18.4 Å². The first-order valence-electron chi connectivity index (χ1n) is 8.32. The maximum Gasteiger partial charge on any atom is 0.229 e. The molecule has 5 rings (SSSR count). The van der Waals surface area contributed by atoms with Crippen LogP contribution in [0.5, 0.6) is 0 Å². The average Bonchev–Trinajstić information content (AvgIpc) is 3.21. The standard InChI is InChI=1S/C19H19NO3/c1-2-8-19-15-13-9-12(16(21)17(13)23-19)14(15)18(22)20(19)10-11-6-4-3-5-7-11/h1,3-7,12-17,21H,8-10H2. The molecular weight excluding hydrogens is 290 g/mol. The van der Waals surface area contributed by atoms with Crippen LogP contribution in [0.4, 0.5) is 0 Å². The normalized spacial score (nSPS) is 45.7. The van der Waals surface area contributed by atoms with Crippen LogP contribution in [-0.4, -0.2) is 33.8 Å². The van der Waals surface area contributed by atoms with Gasteiger partial charge in [-0.15, -0.1) is 12.3 Å². The van der Waals surface area contributed by atoms with E-state index < -0.39 is 11.8 Å².